The largest absolute Gasteiger partial charge is 0.417 e. The number of halogens is 3. The van der Waals surface area contributed by atoms with Crippen molar-refractivity contribution < 1.29 is 42.3 Å². The number of aliphatic hydroxyl groups is 1. The fourth-order valence-corrected chi connectivity index (χ4v) is 11.2. The molecular weight excluding hydrogens is 1050 g/mol. The standard InChI is InChI=1S/C58H72F3N11O7S/c1-37-52(80-36-65-37)40-14-12-38(13-15-40)32-64-55(78)48-30-43(73)35-72(48)56(79)53(57(2,3)4)67-50(75)11-7-10-49(74)62-18-19-69-22-24-70(25-23-69)34-39-8-6-9-41(28-39)42-16-17-47(71-26-20-68(5)21-27-71)46(29-42)66-54(77)44-33-63-51(76)31-45(44)58(59,60)61/h6,8-9,12-17,28-29,31,33,36,43,48,53,73H,7,10-11,18-27,30,32,34-35H2,1-5H3,(H,62,74)(H,63,76)(H,64,78)(H,66,77)(H,67,75)/t43-,48+,53-/m1/s1. The van der Waals surface area contributed by atoms with Crippen molar-refractivity contribution in [2.75, 3.05) is 89.3 Å². The fraction of sp³-hybridized carbons (Fsp3) is 0.466. The first-order valence-electron chi connectivity index (χ1n) is 27.1. The molecule has 0 bridgehead atoms. The second-order valence-corrected chi connectivity index (χ2v) is 22.9. The van der Waals surface area contributed by atoms with E-state index in [9.17, 15) is 47.0 Å². The van der Waals surface area contributed by atoms with Crippen LogP contribution in [0.2, 0.25) is 0 Å². The maximum absolute atomic E-state index is 14.1. The Hall–Kier alpha value is -6.98. The molecule has 0 unspecified atom stereocenters. The van der Waals surface area contributed by atoms with Gasteiger partial charge in [-0.3, -0.25) is 38.6 Å². The third-order valence-corrected chi connectivity index (χ3v) is 15.9. The molecule has 428 valence electrons. The van der Waals surface area contributed by atoms with Crippen LogP contribution in [0.1, 0.15) is 79.2 Å². The van der Waals surface area contributed by atoms with E-state index in [1.807, 2.05) is 89.3 Å². The summed E-state index contributed by atoms with van der Waals surface area (Å²) in [7, 11) is 2.01. The van der Waals surface area contributed by atoms with Gasteiger partial charge in [0.2, 0.25) is 29.2 Å². The van der Waals surface area contributed by atoms with Crippen molar-refractivity contribution in [1.29, 1.82) is 0 Å². The van der Waals surface area contributed by atoms with Crippen LogP contribution in [0.4, 0.5) is 24.5 Å². The summed E-state index contributed by atoms with van der Waals surface area (Å²) >= 11 is 1.56. The van der Waals surface area contributed by atoms with Gasteiger partial charge in [0, 0.05) is 117 Å². The quantitative estimate of drug-likeness (QED) is 0.0587. The minimum Gasteiger partial charge on any atom is -0.391 e. The first-order chi connectivity index (χ1) is 38.1. The second-order valence-electron chi connectivity index (χ2n) is 22.1. The number of aryl methyl sites for hydroxylation is 1. The number of aliphatic hydroxyl groups excluding tert-OH is 1. The van der Waals surface area contributed by atoms with E-state index in [4.69, 9.17) is 0 Å². The summed E-state index contributed by atoms with van der Waals surface area (Å²) in [6.07, 6.45) is -4.53. The van der Waals surface area contributed by atoms with Gasteiger partial charge in [0.1, 0.15) is 12.1 Å². The molecule has 6 N–H and O–H groups in total. The molecule has 3 saturated heterocycles. The summed E-state index contributed by atoms with van der Waals surface area (Å²) in [5.74, 6) is -2.41. The molecule has 3 fully saturated rings. The van der Waals surface area contributed by atoms with Crippen LogP contribution in [0.5, 0.6) is 0 Å². The molecule has 18 nitrogen and oxygen atoms in total. The predicted molar refractivity (Wildman–Crippen MR) is 302 cm³/mol. The molecule has 3 aromatic carbocycles. The lowest BCUT2D eigenvalue weighted by Gasteiger charge is -2.35. The number of aromatic nitrogens is 2. The lowest BCUT2D eigenvalue weighted by Crippen LogP contribution is -2.57. The Morgan fingerprint density at radius 3 is 2.20 bits per heavy atom. The number of nitrogens with one attached hydrogen (secondary N) is 5. The van der Waals surface area contributed by atoms with Crippen molar-refractivity contribution in [3.8, 4) is 21.6 Å². The molecule has 3 aliphatic rings. The topological polar surface area (TPSA) is 216 Å². The van der Waals surface area contributed by atoms with Crippen molar-refractivity contribution in [1.82, 2.24) is 45.5 Å². The number of anilines is 2. The molecule has 8 rings (SSSR count). The highest BCUT2D eigenvalue weighted by molar-refractivity contribution is 7.13. The zero-order valence-electron chi connectivity index (χ0n) is 46.0. The first kappa shape index (κ1) is 59.1. The Bertz CT molecular complexity index is 3060. The predicted octanol–water partition coefficient (Wildman–Crippen LogP) is 5.71. The Morgan fingerprint density at radius 1 is 0.825 bits per heavy atom. The van der Waals surface area contributed by atoms with Crippen molar-refractivity contribution >= 4 is 52.2 Å². The van der Waals surface area contributed by atoms with Gasteiger partial charge in [-0.1, -0.05) is 69.3 Å². The van der Waals surface area contributed by atoms with E-state index in [0.717, 1.165) is 83.9 Å². The van der Waals surface area contributed by atoms with E-state index in [1.54, 1.807) is 22.9 Å². The summed E-state index contributed by atoms with van der Waals surface area (Å²) in [5, 5.41) is 22.1. The Labute approximate surface area is 468 Å². The summed E-state index contributed by atoms with van der Waals surface area (Å²) < 4.78 is 41.9. The summed E-state index contributed by atoms with van der Waals surface area (Å²) in [6.45, 7) is 15.4. The number of β-amino-alcohol motifs (C(OH)–C–C–N with tert-alkyl or cyclic N) is 1. The van der Waals surface area contributed by atoms with Gasteiger partial charge in [0.15, 0.2) is 0 Å². The highest BCUT2D eigenvalue weighted by Gasteiger charge is 2.44. The van der Waals surface area contributed by atoms with E-state index in [-0.39, 0.29) is 50.6 Å². The molecule has 3 aliphatic heterocycles. The average molecular weight is 1120 g/mol. The molecular formula is C58H72F3N11O7S. The Morgan fingerprint density at radius 2 is 1.51 bits per heavy atom. The number of aromatic amines is 1. The van der Waals surface area contributed by atoms with E-state index in [1.165, 1.54) is 4.90 Å². The summed E-state index contributed by atoms with van der Waals surface area (Å²) in [5.41, 5.74) is 4.71. The van der Waals surface area contributed by atoms with E-state index in [2.05, 4.69) is 56.9 Å². The molecule has 0 aliphatic carbocycles. The summed E-state index contributed by atoms with van der Waals surface area (Å²) in [4.78, 5) is 97.0. The molecule has 0 saturated carbocycles. The molecule has 0 radical (unpaired) electrons. The minimum atomic E-state index is -4.92. The normalized spacial score (nSPS) is 18.0. The van der Waals surface area contributed by atoms with Crippen LogP contribution in [0.25, 0.3) is 21.6 Å². The molecule has 2 aromatic heterocycles. The average Bonchev–Trinajstić information content (AvgIpc) is 4.06. The Kier molecular flexibility index (Phi) is 19.3. The zero-order chi connectivity index (χ0) is 57.3. The van der Waals surface area contributed by atoms with Gasteiger partial charge in [0.25, 0.3) is 5.91 Å². The number of likely N-dealkylation sites (tertiary alicyclic amines) is 1. The van der Waals surface area contributed by atoms with Gasteiger partial charge in [-0.15, -0.1) is 11.3 Å². The summed E-state index contributed by atoms with van der Waals surface area (Å²) in [6, 6.07) is 19.9. The minimum absolute atomic E-state index is 0.0169. The van der Waals surface area contributed by atoms with Crippen LogP contribution in [0.3, 0.4) is 0 Å². The number of hydrogen-bond donors (Lipinski definition) is 6. The third kappa shape index (κ3) is 15.5. The van der Waals surface area contributed by atoms with Gasteiger partial charge < -0.3 is 46.1 Å². The molecule has 5 heterocycles. The maximum atomic E-state index is 14.1. The van der Waals surface area contributed by atoms with E-state index < -0.39 is 64.2 Å². The number of piperazine rings is 2. The lowest BCUT2D eigenvalue weighted by molar-refractivity contribution is -0.144. The SMILES string of the molecule is Cc1ncsc1-c1ccc(CNC(=O)[C@@H]2C[C@@H](O)CN2C(=O)[C@@H](NC(=O)CCCC(=O)NCCN2CCN(Cc3cccc(-c4ccc(N5CCN(C)CC5)c(NC(=O)c5c[nH]c(=O)cc5C(F)(F)F)c4)c3)CC2)C(C)(C)C)cc1. The molecule has 0 spiro atoms. The number of nitrogens with zero attached hydrogens (tertiary/aromatic N) is 6. The van der Waals surface area contributed by atoms with Crippen LogP contribution in [-0.2, 0) is 38.4 Å². The van der Waals surface area contributed by atoms with Crippen LogP contribution in [0, 0.1) is 12.3 Å². The van der Waals surface area contributed by atoms with Crippen molar-refractivity contribution in [2.24, 2.45) is 5.41 Å². The van der Waals surface area contributed by atoms with Gasteiger partial charge in [0.05, 0.1) is 44.7 Å². The second kappa shape index (κ2) is 26.1. The van der Waals surface area contributed by atoms with Crippen LogP contribution >= 0.6 is 11.3 Å². The third-order valence-electron chi connectivity index (χ3n) is 15.0. The highest BCUT2D eigenvalue weighted by atomic mass is 32.1. The Balaban J connectivity index is 0.768. The van der Waals surface area contributed by atoms with E-state index >= 15 is 0 Å². The number of carbonyl (C=O) groups excluding carboxylic acids is 5. The number of pyridine rings is 1. The smallest absolute Gasteiger partial charge is 0.391 e. The monoisotopic (exact) mass is 1120 g/mol. The van der Waals surface area contributed by atoms with Crippen molar-refractivity contribution in [3.63, 3.8) is 0 Å². The molecule has 5 amide bonds. The van der Waals surface area contributed by atoms with Crippen LogP contribution in [-0.4, -0.2) is 161 Å². The number of hydrogen-bond acceptors (Lipinski definition) is 13. The zero-order valence-corrected chi connectivity index (χ0v) is 46.8. The molecule has 3 atom stereocenters. The van der Waals surface area contributed by atoms with Gasteiger partial charge in [-0.05, 0) is 71.8 Å². The van der Waals surface area contributed by atoms with Crippen molar-refractivity contribution in [2.45, 2.75) is 90.8 Å². The molecule has 5 aromatic rings. The lowest BCUT2D eigenvalue weighted by atomic mass is 9.85. The van der Waals surface area contributed by atoms with Gasteiger partial charge in [-0.2, -0.15) is 13.2 Å². The molecule has 80 heavy (non-hydrogen) atoms. The number of H-pyrrole nitrogens is 1. The van der Waals surface area contributed by atoms with E-state index in [0.29, 0.717) is 50.2 Å². The molecule has 22 heteroatoms. The number of thiazole rings is 1. The number of benzene rings is 3. The van der Waals surface area contributed by atoms with Crippen LogP contribution < -0.4 is 31.7 Å². The fourth-order valence-electron chi connectivity index (χ4n) is 10.4. The number of carbonyl (C=O) groups is 5. The highest BCUT2D eigenvalue weighted by Crippen LogP contribution is 2.36. The first-order valence-corrected chi connectivity index (χ1v) is 28.0. The van der Waals surface area contributed by atoms with Gasteiger partial charge in [-0.25, -0.2) is 4.98 Å². The maximum Gasteiger partial charge on any atom is 0.417 e. The van der Waals surface area contributed by atoms with Crippen LogP contribution in [0.15, 0.2) is 89.3 Å². The number of amides is 5. The number of alkyl halides is 3. The van der Waals surface area contributed by atoms with Gasteiger partial charge >= 0.3 is 6.18 Å². The number of likely N-dealkylation sites (N-methyl/N-ethyl adjacent to an activating group) is 1. The number of rotatable bonds is 19. The van der Waals surface area contributed by atoms with Crippen molar-refractivity contribution in [3.05, 3.63) is 123 Å².